The van der Waals surface area contributed by atoms with Crippen LogP contribution in [-0.2, 0) is 11.3 Å². The van der Waals surface area contributed by atoms with E-state index in [4.69, 9.17) is 11.6 Å². The van der Waals surface area contributed by atoms with E-state index in [9.17, 15) is 4.79 Å². The summed E-state index contributed by atoms with van der Waals surface area (Å²) in [6.07, 6.45) is 0.845. The maximum Gasteiger partial charge on any atom is 0.139 e. The monoisotopic (exact) mass is 208 g/mol. The molecule has 0 amide bonds. The highest BCUT2D eigenvalue weighted by Gasteiger charge is 2.09. The molecule has 0 spiro atoms. The summed E-state index contributed by atoms with van der Waals surface area (Å²) in [5, 5.41) is 0.630. The maximum atomic E-state index is 10.5. The third-order valence-electron chi connectivity index (χ3n) is 2.17. The number of aromatic nitrogens is 2. The van der Waals surface area contributed by atoms with E-state index >= 15 is 0 Å². The third-order valence-corrected chi connectivity index (χ3v) is 2.47. The number of rotatable bonds is 2. The molecule has 72 valence electrons. The zero-order chi connectivity index (χ0) is 10.1. The summed E-state index contributed by atoms with van der Waals surface area (Å²) in [4.78, 5) is 14.8. The van der Waals surface area contributed by atoms with Gasteiger partial charge in [-0.2, -0.15) is 0 Å². The zero-order valence-corrected chi connectivity index (χ0v) is 8.45. The minimum Gasteiger partial charge on any atom is -0.320 e. The topological polar surface area (TPSA) is 34.9 Å². The Kier molecular flexibility index (Phi) is 2.25. The predicted molar refractivity (Wildman–Crippen MR) is 55.5 cm³/mol. The van der Waals surface area contributed by atoms with E-state index in [0.29, 0.717) is 11.6 Å². The first kappa shape index (κ1) is 9.21. The lowest BCUT2D eigenvalue weighted by Crippen LogP contribution is -2.01. The number of para-hydroxylation sites is 1. The highest BCUT2D eigenvalue weighted by molar-refractivity contribution is 6.35. The molecule has 0 aliphatic heterocycles. The Morgan fingerprint density at radius 2 is 2.36 bits per heavy atom. The number of carbonyl (C=O) groups is 1. The van der Waals surface area contributed by atoms with Crippen LogP contribution in [0.4, 0.5) is 0 Å². The number of carbonyl (C=O) groups excluding carboxylic acids is 1. The van der Waals surface area contributed by atoms with Crippen LogP contribution >= 0.6 is 11.6 Å². The van der Waals surface area contributed by atoms with E-state index in [1.807, 2.05) is 23.6 Å². The van der Waals surface area contributed by atoms with Crippen LogP contribution in [0.15, 0.2) is 18.2 Å². The average Bonchev–Trinajstić information content (AvgIpc) is 2.45. The SMILES string of the molecule is Cc1nc2cccc(Cl)c2n1CC=O. The Morgan fingerprint density at radius 1 is 1.57 bits per heavy atom. The summed E-state index contributed by atoms with van der Waals surface area (Å²) in [5.41, 5.74) is 1.66. The molecule has 3 nitrogen and oxygen atoms in total. The fraction of sp³-hybridized carbons (Fsp3) is 0.200. The van der Waals surface area contributed by atoms with E-state index < -0.39 is 0 Å². The quantitative estimate of drug-likeness (QED) is 0.710. The molecule has 4 heteroatoms. The van der Waals surface area contributed by atoms with Gasteiger partial charge in [0, 0.05) is 0 Å². The van der Waals surface area contributed by atoms with Crippen LogP contribution in [-0.4, -0.2) is 15.8 Å². The van der Waals surface area contributed by atoms with Crippen molar-refractivity contribution < 1.29 is 4.79 Å². The number of fused-ring (bicyclic) bond motifs is 1. The highest BCUT2D eigenvalue weighted by atomic mass is 35.5. The minimum absolute atomic E-state index is 0.298. The van der Waals surface area contributed by atoms with E-state index in [0.717, 1.165) is 23.1 Å². The Balaban J connectivity index is 2.79. The average molecular weight is 209 g/mol. The van der Waals surface area contributed by atoms with Crippen molar-refractivity contribution in [3.8, 4) is 0 Å². The molecular formula is C10H9ClN2O. The highest BCUT2D eigenvalue weighted by Crippen LogP contribution is 2.23. The van der Waals surface area contributed by atoms with E-state index in [1.165, 1.54) is 0 Å². The van der Waals surface area contributed by atoms with Crippen molar-refractivity contribution in [2.75, 3.05) is 0 Å². The van der Waals surface area contributed by atoms with Crippen LogP contribution in [0.5, 0.6) is 0 Å². The molecule has 0 atom stereocenters. The van der Waals surface area contributed by atoms with Crippen molar-refractivity contribution in [2.24, 2.45) is 0 Å². The molecule has 1 aromatic carbocycles. The molecule has 2 rings (SSSR count). The van der Waals surface area contributed by atoms with Gasteiger partial charge in [-0.1, -0.05) is 17.7 Å². The third kappa shape index (κ3) is 1.30. The molecule has 2 aromatic rings. The first-order chi connectivity index (χ1) is 6.74. The molecule has 1 aromatic heterocycles. The van der Waals surface area contributed by atoms with Gasteiger partial charge in [-0.15, -0.1) is 0 Å². The molecular weight excluding hydrogens is 200 g/mol. The van der Waals surface area contributed by atoms with Crippen LogP contribution in [0.25, 0.3) is 11.0 Å². The minimum atomic E-state index is 0.298. The van der Waals surface area contributed by atoms with E-state index in [1.54, 1.807) is 6.07 Å². The van der Waals surface area contributed by atoms with Crippen LogP contribution in [0.1, 0.15) is 5.82 Å². The molecule has 0 bridgehead atoms. The largest absolute Gasteiger partial charge is 0.320 e. The van der Waals surface area contributed by atoms with Crippen molar-refractivity contribution in [3.05, 3.63) is 29.0 Å². The smallest absolute Gasteiger partial charge is 0.139 e. The van der Waals surface area contributed by atoms with Gasteiger partial charge in [-0.05, 0) is 19.1 Å². The van der Waals surface area contributed by atoms with E-state index in [-0.39, 0.29) is 0 Å². The molecule has 0 saturated heterocycles. The molecule has 0 N–H and O–H groups in total. The number of aldehydes is 1. The van der Waals surface area contributed by atoms with Gasteiger partial charge < -0.3 is 9.36 Å². The van der Waals surface area contributed by atoms with Crippen molar-refractivity contribution in [2.45, 2.75) is 13.5 Å². The number of halogens is 1. The Hall–Kier alpha value is -1.35. The lowest BCUT2D eigenvalue weighted by Gasteiger charge is -2.01. The Labute approximate surface area is 86.3 Å². The van der Waals surface area contributed by atoms with Crippen molar-refractivity contribution >= 4 is 28.9 Å². The van der Waals surface area contributed by atoms with Gasteiger partial charge in [-0.3, -0.25) is 0 Å². The number of nitrogens with zero attached hydrogens (tertiary/aromatic N) is 2. The lowest BCUT2D eigenvalue weighted by molar-refractivity contribution is -0.108. The van der Waals surface area contributed by atoms with Crippen LogP contribution in [0.2, 0.25) is 5.02 Å². The molecule has 0 radical (unpaired) electrons. The van der Waals surface area contributed by atoms with Gasteiger partial charge in [0.2, 0.25) is 0 Å². The summed E-state index contributed by atoms with van der Waals surface area (Å²) in [6.45, 7) is 2.16. The number of aryl methyl sites for hydroxylation is 1. The number of hydrogen-bond donors (Lipinski definition) is 0. The molecule has 14 heavy (non-hydrogen) atoms. The first-order valence-electron chi connectivity index (χ1n) is 4.29. The first-order valence-corrected chi connectivity index (χ1v) is 4.67. The number of imidazole rings is 1. The fourth-order valence-corrected chi connectivity index (χ4v) is 1.83. The zero-order valence-electron chi connectivity index (χ0n) is 7.70. The summed E-state index contributed by atoms with van der Waals surface area (Å²) < 4.78 is 1.81. The maximum absolute atomic E-state index is 10.5. The molecule has 0 aliphatic rings. The number of hydrogen-bond acceptors (Lipinski definition) is 2. The van der Waals surface area contributed by atoms with Gasteiger partial charge in [0.05, 0.1) is 22.6 Å². The Bertz CT molecular complexity index is 490. The Morgan fingerprint density at radius 3 is 3.07 bits per heavy atom. The predicted octanol–water partition coefficient (Wildman–Crippen LogP) is 2.20. The van der Waals surface area contributed by atoms with Gasteiger partial charge in [0.1, 0.15) is 12.1 Å². The van der Waals surface area contributed by atoms with Crippen molar-refractivity contribution in [3.63, 3.8) is 0 Å². The normalized spacial score (nSPS) is 10.7. The van der Waals surface area contributed by atoms with Gasteiger partial charge in [-0.25, -0.2) is 4.98 Å². The molecule has 0 aliphatic carbocycles. The molecule has 0 saturated carbocycles. The van der Waals surface area contributed by atoms with Crippen LogP contribution in [0.3, 0.4) is 0 Å². The molecule has 1 heterocycles. The second-order valence-electron chi connectivity index (χ2n) is 3.04. The lowest BCUT2D eigenvalue weighted by atomic mass is 10.3. The molecule has 0 unspecified atom stereocenters. The summed E-state index contributed by atoms with van der Waals surface area (Å²) in [5.74, 6) is 0.806. The van der Waals surface area contributed by atoms with Gasteiger partial charge in [0.25, 0.3) is 0 Å². The van der Waals surface area contributed by atoms with E-state index in [2.05, 4.69) is 4.98 Å². The summed E-state index contributed by atoms with van der Waals surface area (Å²) >= 11 is 6.03. The summed E-state index contributed by atoms with van der Waals surface area (Å²) in [6, 6.07) is 5.53. The van der Waals surface area contributed by atoms with Crippen LogP contribution < -0.4 is 0 Å². The second-order valence-corrected chi connectivity index (χ2v) is 3.45. The second kappa shape index (κ2) is 3.42. The molecule has 0 fully saturated rings. The fourth-order valence-electron chi connectivity index (χ4n) is 1.56. The van der Waals surface area contributed by atoms with Crippen LogP contribution in [0, 0.1) is 6.92 Å². The number of benzene rings is 1. The van der Waals surface area contributed by atoms with Crippen molar-refractivity contribution in [1.82, 2.24) is 9.55 Å². The van der Waals surface area contributed by atoms with Crippen molar-refractivity contribution in [1.29, 1.82) is 0 Å². The summed E-state index contributed by atoms with van der Waals surface area (Å²) in [7, 11) is 0. The van der Waals surface area contributed by atoms with Gasteiger partial charge in [0.15, 0.2) is 0 Å². The standard InChI is InChI=1S/C10H9ClN2O/c1-7-12-9-4-2-3-8(11)10(9)13(7)5-6-14/h2-4,6H,5H2,1H3. The van der Waals surface area contributed by atoms with Gasteiger partial charge >= 0.3 is 0 Å².